The van der Waals surface area contributed by atoms with Crippen LogP contribution in [0.15, 0.2) is 40.9 Å². The molecule has 0 amide bonds. The molecular formula is C15H10BrFO4. The van der Waals surface area contributed by atoms with Crippen LogP contribution in [-0.2, 0) is 0 Å². The van der Waals surface area contributed by atoms with Gasteiger partial charge in [0.05, 0.1) is 0 Å². The van der Waals surface area contributed by atoms with Gasteiger partial charge in [-0.05, 0) is 36.4 Å². The van der Waals surface area contributed by atoms with E-state index in [9.17, 15) is 9.18 Å². The average Bonchev–Trinajstić information content (AvgIpc) is 2.95. The van der Waals surface area contributed by atoms with E-state index in [0.717, 1.165) is 0 Å². The number of carbonyl (C=O) groups excluding carboxylic acids is 1. The minimum absolute atomic E-state index is 0.0264. The maximum atomic E-state index is 13.5. The van der Waals surface area contributed by atoms with Crippen molar-refractivity contribution in [1.82, 2.24) is 0 Å². The molecule has 0 fully saturated rings. The fourth-order valence-electron chi connectivity index (χ4n) is 1.88. The molecule has 0 atom stereocenters. The van der Waals surface area contributed by atoms with Crippen molar-refractivity contribution in [3.63, 3.8) is 0 Å². The number of Topliss-reactive ketones (excluding diaryl/α,β-unsaturated/α-hetero) is 1. The second kappa shape index (κ2) is 5.73. The van der Waals surface area contributed by atoms with Crippen molar-refractivity contribution in [2.45, 2.75) is 0 Å². The molecule has 6 heteroatoms. The second-order valence-electron chi connectivity index (χ2n) is 4.35. The van der Waals surface area contributed by atoms with Gasteiger partial charge in [0, 0.05) is 10.0 Å². The number of halogens is 2. The average molecular weight is 353 g/mol. The van der Waals surface area contributed by atoms with Gasteiger partial charge in [-0.15, -0.1) is 0 Å². The van der Waals surface area contributed by atoms with E-state index in [1.54, 1.807) is 24.3 Å². The van der Waals surface area contributed by atoms with E-state index >= 15 is 0 Å². The zero-order valence-electron chi connectivity index (χ0n) is 10.8. The lowest BCUT2D eigenvalue weighted by atomic mass is 10.1. The number of rotatable bonds is 4. The van der Waals surface area contributed by atoms with E-state index in [1.165, 1.54) is 12.1 Å². The molecule has 0 radical (unpaired) electrons. The summed E-state index contributed by atoms with van der Waals surface area (Å²) in [7, 11) is 0. The molecule has 0 bridgehead atoms. The molecule has 0 spiro atoms. The molecule has 0 aromatic heterocycles. The Bertz CT molecular complexity index is 702. The first-order valence-electron chi connectivity index (χ1n) is 6.14. The molecule has 21 heavy (non-hydrogen) atoms. The molecule has 0 N–H and O–H groups in total. The predicted molar refractivity (Wildman–Crippen MR) is 76.5 cm³/mol. The van der Waals surface area contributed by atoms with Gasteiger partial charge in [-0.25, -0.2) is 4.39 Å². The van der Waals surface area contributed by atoms with Crippen LogP contribution in [0.25, 0.3) is 0 Å². The minimum Gasteiger partial charge on any atom is -0.482 e. The lowest BCUT2D eigenvalue weighted by Gasteiger charge is -2.07. The predicted octanol–water partition coefficient (Wildman–Crippen LogP) is 3.58. The molecule has 4 nitrogen and oxygen atoms in total. The number of benzene rings is 2. The molecule has 3 rings (SSSR count). The smallest absolute Gasteiger partial charge is 0.231 e. The Balaban J connectivity index is 1.70. The SMILES string of the molecule is O=C(COc1cc(Br)ccc1F)c1ccc2c(c1)OCO2. The van der Waals surface area contributed by atoms with Gasteiger partial charge >= 0.3 is 0 Å². The Kier molecular flexibility index (Phi) is 3.79. The Morgan fingerprint density at radius 2 is 2.00 bits per heavy atom. The standard InChI is InChI=1S/C15H10BrFO4/c16-10-2-3-11(17)14(6-10)19-7-12(18)9-1-4-13-15(5-9)21-8-20-13/h1-6H,7-8H2. The number of fused-ring (bicyclic) bond motifs is 1. The Morgan fingerprint density at radius 1 is 1.19 bits per heavy atom. The van der Waals surface area contributed by atoms with Gasteiger partial charge in [-0.3, -0.25) is 4.79 Å². The first kappa shape index (κ1) is 13.9. The highest BCUT2D eigenvalue weighted by atomic mass is 79.9. The van der Waals surface area contributed by atoms with Crippen molar-refractivity contribution < 1.29 is 23.4 Å². The lowest BCUT2D eigenvalue weighted by molar-refractivity contribution is 0.0918. The van der Waals surface area contributed by atoms with E-state index < -0.39 is 5.82 Å². The van der Waals surface area contributed by atoms with Crippen LogP contribution in [0.2, 0.25) is 0 Å². The van der Waals surface area contributed by atoms with E-state index in [0.29, 0.717) is 21.5 Å². The Labute approximate surface area is 128 Å². The monoisotopic (exact) mass is 352 g/mol. The van der Waals surface area contributed by atoms with Gasteiger partial charge in [0.1, 0.15) is 0 Å². The third kappa shape index (κ3) is 3.00. The van der Waals surface area contributed by atoms with Crippen molar-refractivity contribution in [1.29, 1.82) is 0 Å². The topological polar surface area (TPSA) is 44.8 Å². The van der Waals surface area contributed by atoms with Crippen molar-refractivity contribution in [2.24, 2.45) is 0 Å². The maximum Gasteiger partial charge on any atom is 0.231 e. The van der Waals surface area contributed by atoms with Crippen LogP contribution in [0, 0.1) is 5.82 Å². The molecule has 0 saturated heterocycles. The van der Waals surface area contributed by atoms with Gasteiger partial charge in [-0.1, -0.05) is 15.9 Å². The van der Waals surface area contributed by atoms with Crippen LogP contribution in [0.1, 0.15) is 10.4 Å². The number of ether oxygens (including phenoxy) is 3. The first-order chi connectivity index (χ1) is 10.1. The molecule has 1 aliphatic rings. The summed E-state index contributed by atoms with van der Waals surface area (Å²) in [6.07, 6.45) is 0. The third-order valence-corrected chi connectivity index (χ3v) is 3.44. The zero-order chi connectivity index (χ0) is 14.8. The second-order valence-corrected chi connectivity index (χ2v) is 5.27. The Morgan fingerprint density at radius 3 is 2.86 bits per heavy atom. The first-order valence-corrected chi connectivity index (χ1v) is 6.93. The highest BCUT2D eigenvalue weighted by Crippen LogP contribution is 2.32. The number of ketones is 1. The van der Waals surface area contributed by atoms with E-state index in [4.69, 9.17) is 14.2 Å². The Hall–Kier alpha value is -2.08. The highest BCUT2D eigenvalue weighted by molar-refractivity contribution is 9.10. The van der Waals surface area contributed by atoms with Crippen LogP contribution >= 0.6 is 15.9 Å². The zero-order valence-corrected chi connectivity index (χ0v) is 12.4. The van der Waals surface area contributed by atoms with Gasteiger partial charge in [0.15, 0.2) is 35.5 Å². The molecule has 2 aromatic rings. The van der Waals surface area contributed by atoms with Gasteiger partial charge < -0.3 is 14.2 Å². The van der Waals surface area contributed by atoms with Crippen LogP contribution in [0.4, 0.5) is 4.39 Å². The van der Waals surface area contributed by atoms with E-state index in [1.807, 2.05) is 0 Å². The van der Waals surface area contributed by atoms with Crippen LogP contribution in [-0.4, -0.2) is 19.2 Å². The largest absolute Gasteiger partial charge is 0.482 e. The molecule has 1 heterocycles. The number of carbonyl (C=O) groups is 1. The summed E-state index contributed by atoms with van der Waals surface area (Å²) in [5, 5.41) is 0. The van der Waals surface area contributed by atoms with Gasteiger partial charge in [-0.2, -0.15) is 0 Å². The number of hydrogen-bond donors (Lipinski definition) is 0. The lowest BCUT2D eigenvalue weighted by Crippen LogP contribution is -2.12. The summed E-state index contributed by atoms with van der Waals surface area (Å²) in [5.74, 6) is 0.364. The molecule has 0 saturated carbocycles. The summed E-state index contributed by atoms with van der Waals surface area (Å²) >= 11 is 3.22. The maximum absolute atomic E-state index is 13.5. The summed E-state index contributed by atoms with van der Waals surface area (Å²) in [6.45, 7) is -0.111. The van der Waals surface area contributed by atoms with Crippen molar-refractivity contribution in [3.8, 4) is 17.2 Å². The van der Waals surface area contributed by atoms with Crippen molar-refractivity contribution in [2.75, 3.05) is 13.4 Å². The molecular weight excluding hydrogens is 343 g/mol. The third-order valence-electron chi connectivity index (χ3n) is 2.95. The van der Waals surface area contributed by atoms with Gasteiger partial charge in [0.25, 0.3) is 0 Å². The normalized spacial score (nSPS) is 12.3. The molecule has 0 unspecified atom stereocenters. The van der Waals surface area contributed by atoms with Crippen LogP contribution < -0.4 is 14.2 Å². The van der Waals surface area contributed by atoms with Gasteiger partial charge in [0.2, 0.25) is 6.79 Å². The molecule has 0 aliphatic carbocycles. The fraction of sp³-hybridized carbons (Fsp3) is 0.133. The fourth-order valence-corrected chi connectivity index (χ4v) is 2.22. The van der Waals surface area contributed by atoms with Crippen LogP contribution in [0.3, 0.4) is 0 Å². The van der Waals surface area contributed by atoms with Crippen LogP contribution in [0.5, 0.6) is 17.2 Å². The summed E-state index contributed by atoms with van der Waals surface area (Å²) < 4.78 is 29.8. The highest BCUT2D eigenvalue weighted by Gasteiger charge is 2.17. The summed E-state index contributed by atoms with van der Waals surface area (Å²) in [5.41, 5.74) is 0.426. The number of hydrogen-bond acceptors (Lipinski definition) is 4. The van der Waals surface area contributed by atoms with Crippen molar-refractivity contribution >= 4 is 21.7 Å². The van der Waals surface area contributed by atoms with E-state index in [2.05, 4.69) is 15.9 Å². The quantitative estimate of drug-likeness (QED) is 0.789. The summed E-state index contributed by atoms with van der Waals surface area (Å²) in [4.78, 5) is 12.1. The minimum atomic E-state index is -0.517. The molecule has 1 aliphatic heterocycles. The van der Waals surface area contributed by atoms with E-state index in [-0.39, 0.29) is 24.9 Å². The summed E-state index contributed by atoms with van der Waals surface area (Å²) in [6, 6.07) is 9.17. The molecule has 2 aromatic carbocycles. The molecule has 108 valence electrons. The van der Waals surface area contributed by atoms with Crippen molar-refractivity contribution in [3.05, 3.63) is 52.3 Å².